The van der Waals surface area contributed by atoms with Gasteiger partial charge in [-0.05, 0) is 63.2 Å². The standard InChI is InChI=1S/C18H24N4/c1-2-13(19)10-15-5-6-17(21-15)12-18-8-7-16(22-18)11-14-4-3-9-20-14/h10-12H,2-9,19H2,1H3. The van der Waals surface area contributed by atoms with Gasteiger partial charge in [0.05, 0.1) is 0 Å². The molecule has 0 aromatic heterocycles. The first-order valence-electron chi connectivity index (χ1n) is 8.28. The topological polar surface area (TPSA) is 63.1 Å². The molecule has 0 aromatic rings. The molecule has 0 atom stereocenters. The second-order valence-corrected chi connectivity index (χ2v) is 6.03. The van der Waals surface area contributed by atoms with E-state index in [4.69, 9.17) is 10.7 Å². The molecule has 4 heteroatoms. The molecule has 0 fully saturated rings. The number of allylic oxidation sites excluding steroid dienone is 6. The Balaban J connectivity index is 1.68. The number of hydrogen-bond acceptors (Lipinski definition) is 4. The number of hydrogen-bond donors (Lipinski definition) is 1. The van der Waals surface area contributed by atoms with Crippen LogP contribution in [-0.2, 0) is 0 Å². The van der Waals surface area contributed by atoms with Crippen LogP contribution in [0.2, 0.25) is 0 Å². The van der Waals surface area contributed by atoms with Crippen LogP contribution in [-0.4, -0.2) is 23.7 Å². The zero-order valence-corrected chi connectivity index (χ0v) is 13.3. The van der Waals surface area contributed by atoms with Gasteiger partial charge in [0.15, 0.2) is 0 Å². The molecule has 0 saturated carbocycles. The molecule has 3 rings (SSSR count). The van der Waals surface area contributed by atoms with E-state index in [9.17, 15) is 0 Å². The Morgan fingerprint density at radius 2 is 1.64 bits per heavy atom. The van der Waals surface area contributed by atoms with E-state index in [1.807, 2.05) is 6.08 Å². The van der Waals surface area contributed by atoms with Gasteiger partial charge in [-0.2, -0.15) is 0 Å². The minimum Gasteiger partial charge on any atom is -0.402 e. The highest BCUT2D eigenvalue weighted by molar-refractivity contribution is 6.02. The van der Waals surface area contributed by atoms with Gasteiger partial charge < -0.3 is 5.73 Å². The molecule has 3 heterocycles. The molecule has 3 aliphatic rings. The van der Waals surface area contributed by atoms with Crippen molar-refractivity contribution in [2.24, 2.45) is 20.7 Å². The van der Waals surface area contributed by atoms with Crippen molar-refractivity contribution in [3.63, 3.8) is 0 Å². The van der Waals surface area contributed by atoms with Crippen molar-refractivity contribution in [2.45, 2.75) is 51.9 Å². The second-order valence-electron chi connectivity index (χ2n) is 6.03. The fourth-order valence-corrected chi connectivity index (χ4v) is 2.90. The van der Waals surface area contributed by atoms with Gasteiger partial charge in [-0.15, -0.1) is 0 Å². The molecule has 22 heavy (non-hydrogen) atoms. The highest BCUT2D eigenvalue weighted by Crippen LogP contribution is 2.24. The molecule has 0 spiro atoms. The molecular formula is C18H24N4. The predicted octanol–water partition coefficient (Wildman–Crippen LogP) is 3.71. The lowest BCUT2D eigenvalue weighted by atomic mass is 10.1. The third kappa shape index (κ3) is 3.81. The molecule has 116 valence electrons. The largest absolute Gasteiger partial charge is 0.402 e. The molecule has 0 amide bonds. The summed E-state index contributed by atoms with van der Waals surface area (Å²) in [5.74, 6) is 0. The maximum Gasteiger partial charge on any atom is 0.0428 e. The van der Waals surface area contributed by atoms with Crippen LogP contribution in [0.25, 0.3) is 0 Å². The van der Waals surface area contributed by atoms with E-state index >= 15 is 0 Å². The van der Waals surface area contributed by atoms with Gasteiger partial charge in [-0.3, -0.25) is 15.0 Å². The lowest BCUT2D eigenvalue weighted by molar-refractivity contribution is 0.951. The Labute approximate surface area is 132 Å². The van der Waals surface area contributed by atoms with Gasteiger partial charge in [0.2, 0.25) is 0 Å². The first-order chi connectivity index (χ1) is 10.7. The van der Waals surface area contributed by atoms with Crippen LogP contribution >= 0.6 is 0 Å². The van der Waals surface area contributed by atoms with Crippen molar-refractivity contribution in [1.29, 1.82) is 0 Å². The van der Waals surface area contributed by atoms with Crippen molar-refractivity contribution in [3.8, 4) is 0 Å². The van der Waals surface area contributed by atoms with Crippen LogP contribution in [0.5, 0.6) is 0 Å². The summed E-state index contributed by atoms with van der Waals surface area (Å²) in [7, 11) is 0. The number of nitrogens with two attached hydrogens (primary N) is 1. The number of nitrogens with zero attached hydrogens (tertiary/aromatic N) is 3. The quantitative estimate of drug-likeness (QED) is 0.844. The van der Waals surface area contributed by atoms with Gasteiger partial charge in [-0.25, -0.2) is 0 Å². The molecule has 0 saturated heterocycles. The Hall–Kier alpha value is -1.97. The van der Waals surface area contributed by atoms with Crippen LogP contribution < -0.4 is 5.73 Å². The molecule has 2 N–H and O–H groups in total. The van der Waals surface area contributed by atoms with Crippen molar-refractivity contribution >= 4 is 17.1 Å². The van der Waals surface area contributed by atoms with E-state index in [1.54, 1.807) is 0 Å². The van der Waals surface area contributed by atoms with Gasteiger partial charge in [-0.1, -0.05) is 6.92 Å². The van der Waals surface area contributed by atoms with Crippen molar-refractivity contribution in [2.75, 3.05) is 6.54 Å². The van der Waals surface area contributed by atoms with E-state index in [-0.39, 0.29) is 0 Å². The summed E-state index contributed by atoms with van der Waals surface area (Å²) in [5.41, 5.74) is 12.5. The maximum atomic E-state index is 5.88. The third-order valence-corrected chi connectivity index (χ3v) is 4.18. The Kier molecular flexibility index (Phi) is 4.66. The zero-order chi connectivity index (χ0) is 15.4. The first-order valence-corrected chi connectivity index (χ1v) is 8.28. The molecule has 3 aliphatic heterocycles. The monoisotopic (exact) mass is 296 g/mol. The predicted molar refractivity (Wildman–Crippen MR) is 93.6 cm³/mol. The minimum absolute atomic E-state index is 0.878. The summed E-state index contributed by atoms with van der Waals surface area (Å²) in [6.07, 6.45) is 13.5. The lowest BCUT2D eigenvalue weighted by Gasteiger charge is -1.94. The van der Waals surface area contributed by atoms with Gasteiger partial charge in [0.1, 0.15) is 0 Å². The smallest absolute Gasteiger partial charge is 0.0428 e. The molecule has 4 nitrogen and oxygen atoms in total. The molecular weight excluding hydrogens is 272 g/mol. The molecule has 0 unspecified atom stereocenters. The average Bonchev–Trinajstić information content (AvgIpc) is 3.23. The zero-order valence-electron chi connectivity index (χ0n) is 13.3. The van der Waals surface area contributed by atoms with E-state index in [1.165, 1.54) is 17.8 Å². The molecule has 0 aliphatic carbocycles. The molecule has 0 radical (unpaired) electrons. The Morgan fingerprint density at radius 3 is 2.32 bits per heavy atom. The molecule has 0 bridgehead atoms. The van der Waals surface area contributed by atoms with Crippen molar-refractivity contribution in [1.82, 2.24) is 0 Å². The molecule has 0 aromatic carbocycles. The maximum absolute atomic E-state index is 5.88. The third-order valence-electron chi connectivity index (χ3n) is 4.18. The summed E-state index contributed by atoms with van der Waals surface area (Å²) in [4.78, 5) is 13.9. The summed E-state index contributed by atoms with van der Waals surface area (Å²) >= 11 is 0. The van der Waals surface area contributed by atoms with Crippen LogP contribution in [0.1, 0.15) is 51.9 Å². The number of aliphatic imine (C=N–C) groups is 3. The Bertz CT molecular complexity index is 629. The normalized spacial score (nSPS) is 25.9. The average molecular weight is 296 g/mol. The number of rotatable bonds is 4. The van der Waals surface area contributed by atoms with Crippen LogP contribution in [0.3, 0.4) is 0 Å². The fraction of sp³-hybridized carbons (Fsp3) is 0.500. The summed E-state index contributed by atoms with van der Waals surface area (Å²) in [6, 6.07) is 0. The van der Waals surface area contributed by atoms with E-state index in [2.05, 4.69) is 29.1 Å². The lowest BCUT2D eigenvalue weighted by Crippen LogP contribution is -1.98. The SMILES string of the molecule is CCC(N)=CC1=NC(=CC2=NC(=CC3=NCCC3)CC2)CC1. The summed E-state index contributed by atoms with van der Waals surface area (Å²) < 4.78 is 0. The summed E-state index contributed by atoms with van der Waals surface area (Å²) in [5, 5.41) is 0. The van der Waals surface area contributed by atoms with E-state index in [0.717, 1.165) is 67.9 Å². The van der Waals surface area contributed by atoms with Crippen molar-refractivity contribution < 1.29 is 0 Å². The van der Waals surface area contributed by atoms with Gasteiger partial charge >= 0.3 is 0 Å². The van der Waals surface area contributed by atoms with Gasteiger partial charge in [0.25, 0.3) is 0 Å². The van der Waals surface area contributed by atoms with Crippen LogP contribution in [0.15, 0.2) is 50.3 Å². The van der Waals surface area contributed by atoms with Crippen LogP contribution in [0, 0.1) is 0 Å². The van der Waals surface area contributed by atoms with E-state index in [0.29, 0.717) is 0 Å². The highest BCUT2D eigenvalue weighted by atomic mass is 14.8. The minimum atomic E-state index is 0.878. The highest BCUT2D eigenvalue weighted by Gasteiger charge is 2.15. The first kappa shape index (κ1) is 14.9. The Morgan fingerprint density at radius 1 is 0.955 bits per heavy atom. The second kappa shape index (κ2) is 6.86. The summed E-state index contributed by atoms with van der Waals surface area (Å²) in [6.45, 7) is 3.04. The fourth-order valence-electron chi connectivity index (χ4n) is 2.90. The van der Waals surface area contributed by atoms with Crippen LogP contribution in [0.4, 0.5) is 0 Å². The van der Waals surface area contributed by atoms with Gasteiger partial charge in [0, 0.05) is 40.8 Å². The van der Waals surface area contributed by atoms with Crippen molar-refractivity contribution in [3.05, 3.63) is 35.3 Å². The van der Waals surface area contributed by atoms with E-state index < -0.39 is 0 Å².